The number of rotatable bonds is 5. The van der Waals surface area contributed by atoms with E-state index in [1.165, 1.54) is 0 Å². The van der Waals surface area contributed by atoms with Gasteiger partial charge in [0.2, 0.25) is 11.8 Å². The van der Waals surface area contributed by atoms with Crippen molar-refractivity contribution in [3.05, 3.63) is 59.7 Å². The van der Waals surface area contributed by atoms with Gasteiger partial charge in [-0.05, 0) is 57.2 Å². The molecule has 2 aromatic rings. The highest BCUT2D eigenvalue weighted by Gasteiger charge is 2.35. The molecule has 2 amide bonds. The number of nitrogens with one attached hydrogen (secondary N) is 1. The molecule has 1 fully saturated rings. The topological polar surface area (TPSA) is 75.7 Å². The molecule has 6 heteroatoms. The summed E-state index contributed by atoms with van der Waals surface area (Å²) in [5, 5.41) is 2.82. The van der Waals surface area contributed by atoms with Gasteiger partial charge in [0.15, 0.2) is 0 Å². The molecule has 1 N–H and O–H groups in total. The number of esters is 1. The summed E-state index contributed by atoms with van der Waals surface area (Å²) in [6.45, 7) is 5.91. The second kappa shape index (κ2) is 8.25. The van der Waals surface area contributed by atoms with Gasteiger partial charge in [-0.25, -0.2) is 4.79 Å². The maximum Gasteiger partial charge on any atom is 0.338 e. The predicted molar refractivity (Wildman–Crippen MR) is 107 cm³/mol. The van der Waals surface area contributed by atoms with Crippen molar-refractivity contribution in [2.75, 3.05) is 16.8 Å². The van der Waals surface area contributed by atoms with Gasteiger partial charge in [0.1, 0.15) is 0 Å². The molecule has 1 saturated heterocycles. The molecule has 2 aromatic carbocycles. The van der Waals surface area contributed by atoms with Crippen LogP contribution in [0.2, 0.25) is 0 Å². The first-order valence-corrected chi connectivity index (χ1v) is 9.32. The number of amides is 2. The Morgan fingerprint density at radius 2 is 1.71 bits per heavy atom. The van der Waals surface area contributed by atoms with Crippen LogP contribution in [0, 0.1) is 12.8 Å². The molecular weight excluding hydrogens is 356 g/mol. The SMILES string of the molecule is Cc1ccc(N2CC(C(=O)Nc3ccc(C(=O)OC(C)C)cc3)CC2=O)cc1. The van der Waals surface area contributed by atoms with E-state index in [-0.39, 0.29) is 24.3 Å². The standard InChI is InChI=1S/C22H24N2O4/c1-14(2)28-22(27)16-6-8-18(9-7-16)23-21(26)17-12-20(25)24(13-17)19-10-4-15(3)5-11-19/h4-11,14,17H,12-13H2,1-3H3,(H,23,26). The van der Waals surface area contributed by atoms with Crippen molar-refractivity contribution in [2.45, 2.75) is 33.3 Å². The second-order valence-electron chi connectivity index (χ2n) is 7.26. The van der Waals surface area contributed by atoms with Crippen molar-refractivity contribution in [2.24, 2.45) is 5.92 Å². The van der Waals surface area contributed by atoms with Gasteiger partial charge in [0.25, 0.3) is 0 Å². The van der Waals surface area contributed by atoms with Gasteiger partial charge in [-0.15, -0.1) is 0 Å². The van der Waals surface area contributed by atoms with Gasteiger partial charge in [-0.2, -0.15) is 0 Å². The summed E-state index contributed by atoms with van der Waals surface area (Å²) in [5.41, 5.74) is 2.92. The minimum atomic E-state index is -0.417. The molecule has 1 atom stereocenters. The number of ether oxygens (including phenoxy) is 1. The molecule has 0 bridgehead atoms. The van der Waals surface area contributed by atoms with Gasteiger partial charge >= 0.3 is 5.97 Å². The van der Waals surface area contributed by atoms with Crippen LogP contribution >= 0.6 is 0 Å². The highest BCUT2D eigenvalue weighted by Crippen LogP contribution is 2.26. The van der Waals surface area contributed by atoms with Gasteiger partial charge in [0.05, 0.1) is 17.6 Å². The van der Waals surface area contributed by atoms with E-state index in [9.17, 15) is 14.4 Å². The number of aryl methyl sites for hydroxylation is 1. The molecule has 146 valence electrons. The van der Waals surface area contributed by atoms with Gasteiger partial charge in [-0.3, -0.25) is 9.59 Å². The molecule has 6 nitrogen and oxygen atoms in total. The van der Waals surface area contributed by atoms with Gasteiger partial charge in [-0.1, -0.05) is 17.7 Å². The zero-order valence-corrected chi connectivity index (χ0v) is 16.3. The summed E-state index contributed by atoms with van der Waals surface area (Å²) in [7, 11) is 0. The van der Waals surface area contributed by atoms with Crippen molar-refractivity contribution in [1.82, 2.24) is 0 Å². The fraction of sp³-hybridized carbons (Fsp3) is 0.318. The largest absolute Gasteiger partial charge is 0.459 e. The lowest BCUT2D eigenvalue weighted by atomic mass is 10.1. The minimum Gasteiger partial charge on any atom is -0.459 e. The van der Waals surface area contributed by atoms with Crippen LogP contribution in [0.15, 0.2) is 48.5 Å². The third-order valence-electron chi connectivity index (χ3n) is 4.57. The summed E-state index contributed by atoms with van der Waals surface area (Å²) in [4.78, 5) is 38.4. The smallest absolute Gasteiger partial charge is 0.338 e. The average Bonchev–Trinajstić information content (AvgIpc) is 3.04. The van der Waals surface area contributed by atoms with Crippen molar-refractivity contribution in [3.63, 3.8) is 0 Å². The summed E-state index contributed by atoms with van der Waals surface area (Å²) >= 11 is 0. The Kier molecular flexibility index (Phi) is 5.78. The molecule has 0 aliphatic carbocycles. The van der Waals surface area contributed by atoms with Crippen LogP contribution in [-0.2, 0) is 14.3 Å². The van der Waals surface area contributed by atoms with Crippen LogP contribution in [0.1, 0.15) is 36.2 Å². The third-order valence-corrected chi connectivity index (χ3v) is 4.57. The molecule has 0 radical (unpaired) electrons. The maximum atomic E-state index is 12.6. The Hall–Kier alpha value is -3.15. The van der Waals surface area contributed by atoms with Crippen LogP contribution < -0.4 is 10.2 Å². The monoisotopic (exact) mass is 380 g/mol. The number of benzene rings is 2. The summed E-state index contributed by atoms with van der Waals surface area (Å²) in [6, 6.07) is 14.2. The lowest BCUT2D eigenvalue weighted by Crippen LogP contribution is -2.28. The van der Waals surface area contributed by atoms with Crippen LogP contribution in [0.4, 0.5) is 11.4 Å². The molecule has 1 heterocycles. The van der Waals surface area contributed by atoms with Crippen LogP contribution in [0.3, 0.4) is 0 Å². The molecule has 1 aliphatic heterocycles. The van der Waals surface area contributed by atoms with E-state index in [2.05, 4.69) is 5.32 Å². The van der Waals surface area contributed by atoms with Crippen molar-refractivity contribution < 1.29 is 19.1 Å². The highest BCUT2D eigenvalue weighted by molar-refractivity contribution is 6.03. The fourth-order valence-electron chi connectivity index (χ4n) is 3.07. The van der Waals surface area contributed by atoms with E-state index < -0.39 is 11.9 Å². The van der Waals surface area contributed by atoms with E-state index in [4.69, 9.17) is 4.74 Å². The van der Waals surface area contributed by atoms with Gasteiger partial charge < -0.3 is 15.0 Å². The molecule has 1 aliphatic rings. The van der Waals surface area contributed by atoms with E-state index in [1.54, 1.807) is 43.0 Å². The quantitative estimate of drug-likeness (QED) is 0.805. The zero-order valence-electron chi connectivity index (χ0n) is 16.3. The Labute approximate surface area is 164 Å². The number of carbonyl (C=O) groups excluding carboxylic acids is 3. The van der Waals surface area contributed by atoms with Crippen molar-refractivity contribution >= 4 is 29.2 Å². The Balaban J connectivity index is 1.61. The number of hydrogen-bond acceptors (Lipinski definition) is 4. The van der Waals surface area contributed by atoms with Crippen LogP contribution in [-0.4, -0.2) is 30.4 Å². The first-order valence-electron chi connectivity index (χ1n) is 9.32. The molecule has 3 rings (SSSR count). The Bertz CT molecular complexity index is 872. The van der Waals surface area contributed by atoms with Crippen LogP contribution in [0.25, 0.3) is 0 Å². The molecule has 1 unspecified atom stereocenters. The highest BCUT2D eigenvalue weighted by atomic mass is 16.5. The molecular formula is C22H24N2O4. The molecule has 0 saturated carbocycles. The minimum absolute atomic E-state index is 0.0595. The predicted octanol–water partition coefficient (Wildman–Crippen LogP) is 3.55. The fourth-order valence-corrected chi connectivity index (χ4v) is 3.07. The first-order chi connectivity index (χ1) is 13.3. The van der Waals surface area contributed by atoms with E-state index in [0.717, 1.165) is 11.3 Å². The normalized spacial score (nSPS) is 16.4. The lowest BCUT2D eigenvalue weighted by molar-refractivity contribution is -0.122. The summed E-state index contributed by atoms with van der Waals surface area (Å²) in [5.74, 6) is -1.08. The molecule has 0 aromatic heterocycles. The molecule has 28 heavy (non-hydrogen) atoms. The number of anilines is 2. The first kappa shape index (κ1) is 19.6. The van der Waals surface area contributed by atoms with Gasteiger partial charge in [0, 0.05) is 24.3 Å². The number of carbonyl (C=O) groups is 3. The third kappa shape index (κ3) is 4.57. The van der Waals surface area contributed by atoms with Crippen molar-refractivity contribution in [1.29, 1.82) is 0 Å². The lowest BCUT2D eigenvalue weighted by Gasteiger charge is -2.17. The van der Waals surface area contributed by atoms with E-state index in [1.807, 2.05) is 31.2 Å². The van der Waals surface area contributed by atoms with Crippen molar-refractivity contribution in [3.8, 4) is 0 Å². The van der Waals surface area contributed by atoms with Crippen LogP contribution in [0.5, 0.6) is 0 Å². The number of hydrogen-bond donors (Lipinski definition) is 1. The van der Waals surface area contributed by atoms with E-state index >= 15 is 0 Å². The van der Waals surface area contributed by atoms with E-state index in [0.29, 0.717) is 17.8 Å². The zero-order chi connectivity index (χ0) is 20.3. The Morgan fingerprint density at radius 1 is 1.07 bits per heavy atom. The second-order valence-corrected chi connectivity index (χ2v) is 7.26. The summed E-state index contributed by atoms with van der Waals surface area (Å²) in [6.07, 6.45) is -0.0124. The average molecular weight is 380 g/mol. The Morgan fingerprint density at radius 3 is 2.32 bits per heavy atom. The molecule has 0 spiro atoms. The summed E-state index contributed by atoms with van der Waals surface area (Å²) < 4.78 is 5.14. The maximum absolute atomic E-state index is 12.6. The number of nitrogens with zero attached hydrogens (tertiary/aromatic N) is 1.